The first-order chi connectivity index (χ1) is 11.5. The SMILES string of the molecule is COc1ccc(CCN(C)C(=O)C2=NN(C)C(=O)CC2)cc1OC. The number of benzene rings is 1. The van der Waals surface area contributed by atoms with Crippen molar-refractivity contribution in [2.75, 3.05) is 34.9 Å². The Hall–Kier alpha value is -2.57. The molecule has 0 N–H and O–H groups in total. The zero-order valence-electron chi connectivity index (χ0n) is 14.5. The summed E-state index contributed by atoms with van der Waals surface area (Å²) in [7, 11) is 6.49. The van der Waals surface area contributed by atoms with Gasteiger partial charge in [0.25, 0.3) is 5.91 Å². The topological polar surface area (TPSA) is 71.4 Å². The average Bonchev–Trinajstić information content (AvgIpc) is 2.60. The monoisotopic (exact) mass is 333 g/mol. The van der Waals surface area contributed by atoms with Crippen LogP contribution in [-0.2, 0) is 16.0 Å². The Labute approximate surface area is 141 Å². The zero-order valence-corrected chi connectivity index (χ0v) is 14.5. The summed E-state index contributed by atoms with van der Waals surface area (Å²) in [5.41, 5.74) is 1.47. The van der Waals surface area contributed by atoms with Gasteiger partial charge in [-0.1, -0.05) is 6.07 Å². The van der Waals surface area contributed by atoms with E-state index in [4.69, 9.17) is 9.47 Å². The van der Waals surface area contributed by atoms with E-state index in [1.807, 2.05) is 18.2 Å². The van der Waals surface area contributed by atoms with Gasteiger partial charge in [0.05, 0.1) is 14.2 Å². The normalized spacial score (nSPS) is 14.2. The van der Waals surface area contributed by atoms with E-state index in [1.54, 1.807) is 33.2 Å². The molecule has 0 saturated carbocycles. The van der Waals surface area contributed by atoms with E-state index in [0.717, 1.165) is 5.56 Å². The predicted octanol–water partition coefficient (Wildman–Crippen LogP) is 1.31. The van der Waals surface area contributed by atoms with Crippen LogP contribution in [0, 0.1) is 0 Å². The Balaban J connectivity index is 1.98. The third kappa shape index (κ3) is 4.04. The van der Waals surface area contributed by atoms with E-state index in [-0.39, 0.29) is 11.8 Å². The number of likely N-dealkylation sites (N-methyl/N-ethyl adjacent to an activating group) is 1. The Morgan fingerprint density at radius 2 is 1.96 bits per heavy atom. The van der Waals surface area contributed by atoms with Gasteiger partial charge < -0.3 is 14.4 Å². The second-order valence-electron chi connectivity index (χ2n) is 5.63. The van der Waals surface area contributed by atoms with Crippen molar-refractivity contribution in [1.82, 2.24) is 9.91 Å². The molecule has 1 aromatic rings. The largest absolute Gasteiger partial charge is 0.493 e. The fraction of sp³-hybridized carbons (Fsp3) is 0.471. The number of rotatable bonds is 6. The molecule has 0 bridgehead atoms. The van der Waals surface area contributed by atoms with E-state index in [1.165, 1.54) is 5.01 Å². The molecular weight excluding hydrogens is 310 g/mol. The fourth-order valence-corrected chi connectivity index (χ4v) is 2.48. The highest BCUT2D eigenvalue weighted by atomic mass is 16.5. The molecule has 0 radical (unpaired) electrons. The highest BCUT2D eigenvalue weighted by molar-refractivity contribution is 6.39. The smallest absolute Gasteiger partial charge is 0.269 e. The molecule has 130 valence electrons. The highest BCUT2D eigenvalue weighted by Crippen LogP contribution is 2.27. The van der Waals surface area contributed by atoms with Crippen LogP contribution >= 0.6 is 0 Å². The lowest BCUT2D eigenvalue weighted by molar-refractivity contribution is -0.130. The maximum atomic E-state index is 12.4. The van der Waals surface area contributed by atoms with E-state index < -0.39 is 0 Å². The summed E-state index contributed by atoms with van der Waals surface area (Å²) in [5, 5.41) is 5.30. The lowest BCUT2D eigenvalue weighted by Gasteiger charge is -2.23. The minimum absolute atomic E-state index is 0.0699. The molecule has 2 rings (SSSR count). The molecule has 0 saturated heterocycles. The average molecular weight is 333 g/mol. The van der Waals surface area contributed by atoms with Crippen LogP contribution in [-0.4, -0.2) is 62.3 Å². The van der Waals surface area contributed by atoms with Crippen LogP contribution in [0.2, 0.25) is 0 Å². The summed E-state index contributed by atoms with van der Waals surface area (Å²) >= 11 is 0. The number of hydrazone groups is 1. The number of hydrogen-bond acceptors (Lipinski definition) is 5. The lowest BCUT2D eigenvalue weighted by Crippen LogP contribution is -2.39. The first kappa shape index (κ1) is 17.8. The van der Waals surface area contributed by atoms with Gasteiger partial charge in [0.15, 0.2) is 11.5 Å². The van der Waals surface area contributed by atoms with Crippen molar-refractivity contribution in [2.24, 2.45) is 5.10 Å². The quantitative estimate of drug-likeness (QED) is 0.787. The molecule has 0 spiro atoms. The van der Waals surface area contributed by atoms with Crippen LogP contribution in [0.15, 0.2) is 23.3 Å². The van der Waals surface area contributed by atoms with Gasteiger partial charge in [-0.2, -0.15) is 5.10 Å². The molecule has 0 atom stereocenters. The molecule has 7 heteroatoms. The number of carbonyl (C=O) groups is 2. The van der Waals surface area contributed by atoms with E-state index in [2.05, 4.69) is 5.10 Å². The van der Waals surface area contributed by atoms with Crippen LogP contribution < -0.4 is 9.47 Å². The van der Waals surface area contributed by atoms with Crippen LogP contribution in [0.4, 0.5) is 0 Å². The first-order valence-corrected chi connectivity index (χ1v) is 7.76. The molecule has 0 aliphatic carbocycles. The summed E-state index contributed by atoms with van der Waals surface area (Å²) < 4.78 is 10.5. The van der Waals surface area contributed by atoms with Gasteiger partial charge in [-0.05, 0) is 24.1 Å². The second kappa shape index (κ2) is 7.81. The van der Waals surface area contributed by atoms with Crippen molar-refractivity contribution < 1.29 is 19.1 Å². The van der Waals surface area contributed by atoms with Crippen LogP contribution in [0.25, 0.3) is 0 Å². The standard InChI is InChI=1S/C17H23N3O4/c1-19(17(22)13-6-8-16(21)20(2)18-13)10-9-12-5-7-14(23-3)15(11-12)24-4/h5,7,11H,6,8-10H2,1-4H3. The van der Waals surface area contributed by atoms with Crippen molar-refractivity contribution in [3.63, 3.8) is 0 Å². The molecule has 0 unspecified atom stereocenters. The van der Waals surface area contributed by atoms with Gasteiger partial charge in [-0.15, -0.1) is 0 Å². The van der Waals surface area contributed by atoms with Gasteiger partial charge in [-0.3, -0.25) is 9.59 Å². The summed E-state index contributed by atoms with van der Waals surface area (Å²) in [6.45, 7) is 0.547. The van der Waals surface area contributed by atoms with E-state index >= 15 is 0 Å². The number of carbonyl (C=O) groups excluding carboxylic acids is 2. The minimum Gasteiger partial charge on any atom is -0.493 e. The number of hydrogen-bond donors (Lipinski definition) is 0. The summed E-state index contributed by atoms with van der Waals surface area (Å²) in [6, 6.07) is 5.70. The van der Waals surface area contributed by atoms with E-state index in [9.17, 15) is 9.59 Å². The van der Waals surface area contributed by atoms with Gasteiger partial charge in [0.1, 0.15) is 5.71 Å². The van der Waals surface area contributed by atoms with Gasteiger partial charge in [-0.25, -0.2) is 5.01 Å². The number of amides is 2. The molecular formula is C17H23N3O4. The number of nitrogens with zero attached hydrogens (tertiary/aromatic N) is 3. The molecule has 24 heavy (non-hydrogen) atoms. The van der Waals surface area contributed by atoms with E-state index in [0.29, 0.717) is 43.0 Å². The van der Waals surface area contributed by atoms with Gasteiger partial charge in [0, 0.05) is 33.5 Å². The van der Waals surface area contributed by atoms with Crippen molar-refractivity contribution in [1.29, 1.82) is 0 Å². The molecule has 1 aliphatic heterocycles. The summed E-state index contributed by atoms with van der Waals surface area (Å²) in [4.78, 5) is 25.5. The fourth-order valence-electron chi connectivity index (χ4n) is 2.48. The van der Waals surface area contributed by atoms with Crippen LogP contribution in [0.3, 0.4) is 0 Å². The Morgan fingerprint density at radius 3 is 2.58 bits per heavy atom. The minimum atomic E-state index is -0.144. The van der Waals surface area contributed by atoms with Crippen LogP contribution in [0.1, 0.15) is 18.4 Å². The molecule has 1 heterocycles. The molecule has 2 amide bonds. The maximum Gasteiger partial charge on any atom is 0.269 e. The molecule has 0 aromatic heterocycles. The molecule has 7 nitrogen and oxygen atoms in total. The van der Waals surface area contributed by atoms with Crippen molar-refractivity contribution in [3.05, 3.63) is 23.8 Å². The summed E-state index contributed by atoms with van der Waals surface area (Å²) in [5.74, 6) is 1.13. The number of ether oxygens (including phenoxy) is 2. The third-order valence-corrected chi connectivity index (χ3v) is 3.98. The molecule has 1 aliphatic rings. The number of methoxy groups -OCH3 is 2. The van der Waals surface area contributed by atoms with Crippen LogP contribution in [0.5, 0.6) is 11.5 Å². The first-order valence-electron chi connectivity index (χ1n) is 7.76. The molecule has 0 fully saturated rings. The second-order valence-corrected chi connectivity index (χ2v) is 5.63. The van der Waals surface area contributed by atoms with Gasteiger partial charge in [0.2, 0.25) is 5.91 Å². The molecule has 1 aromatic carbocycles. The maximum absolute atomic E-state index is 12.4. The highest BCUT2D eigenvalue weighted by Gasteiger charge is 2.24. The zero-order chi connectivity index (χ0) is 17.7. The van der Waals surface area contributed by atoms with Gasteiger partial charge >= 0.3 is 0 Å². The van der Waals surface area contributed by atoms with Crippen molar-refractivity contribution in [2.45, 2.75) is 19.3 Å². The van der Waals surface area contributed by atoms with Crippen molar-refractivity contribution >= 4 is 17.5 Å². The Morgan fingerprint density at radius 1 is 1.25 bits per heavy atom. The predicted molar refractivity (Wildman–Crippen MR) is 90.3 cm³/mol. The van der Waals surface area contributed by atoms with Crippen molar-refractivity contribution in [3.8, 4) is 11.5 Å². The summed E-state index contributed by atoms with van der Waals surface area (Å²) in [6.07, 6.45) is 1.40. The Kier molecular flexibility index (Phi) is 5.78. The third-order valence-electron chi connectivity index (χ3n) is 3.98. The Bertz CT molecular complexity index is 657. The lowest BCUT2D eigenvalue weighted by atomic mass is 10.1.